The standard InChI is InChI=1S/C14H21N3OS2/c1-9-10(2)19-8-6-17(9)14(18)16-12(11-3-4-11)13-15-5-7-20-13/h5,7,9-12H,3-4,6,8H2,1-2H3,(H,16,18)/t9-,10+,12+/m1/s1. The van der Waals surface area contributed by atoms with Gasteiger partial charge in [0.25, 0.3) is 0 Å². The quantitative estimate of drug-likeness (QED) is 0.933. The molecular weight excluding hydrogens is 290 g/mol. The minimum atomic E-state index is 0.0803. The van der Waals surface area contributed by atoms with Gasteiger partial charge in [-0.25, -0.2) is 9.78 Å². The number of nitrogens with one attached hydrogen (secondary N) is 1. The summed E-state index contributed by atoms with van der Waals surface area (Å²) in [7, 11) is 0. The average Bonchev–Trinajstić information content (AvgIpc) is 3.13. The monoisotopic (exact) mass is 311 g/mol. The van der Waals surface area contributed by atoms with Crippen LogP contribution in [-0.2, 0) is 0 Å². The molecule has 3 rings (SSSR count). The van der Waals surface area contributed by atoms with Gasteiger partial charge in [0.2, 0.25) is 0 Å². The van der Waals surface area contributed by atoms with Crippen LogP contribution in [-0.4, -0.2) is 39.5 Å². The minimum Gasteiger partial charge on any atom is -0.328 e. The molecule has 2 aliphatic rings. The van der Waals surface area contributed by atoms with Gasteiger partial charge in [0.15, 0.2) is 0 Å². The predicted molar refractivity (Wildman–Crippen MR) is 84.2 cm³/mol. The lowest BCUT2D eigenvalue weighted by Crippen LogP contribution is -2.52. The molecule has 1 aliphatic heterocycles. The first-order valence-electron chi connectivity index (χ1n) is 7.25. The van der Waals surface area contributed by atoms with Crippen molar-refractivity contribution in [2.75, 3.05) is 12.3 Å². The molecule has 2 amide bonds. The van der Waals surface area contributed by atoms with Gasteiger partial charge >= 0.3 is 6.03 Å². The second-order valence-electron chi connectivity index (χ2n) is 5.64. The Balaban J connectivity index is 1.67. The summed E-state index contributed by atoms with van der Waals surface area (Å²) >= 11 is 3.59. The lowest BCUT2D eigenvalue weighted by molar-refractivity contribution is 0.175. The van der Waals surface area contributed by atoms with Crippen LogP contribution >= 0.6 is 23.1 Å². The number of thiazole rings is 1. The Bertz CT molecular complexity index is 461. The molecule has 0 bridgehead atoms. The molecule has 1 N–H and O–H groups in total. The molecule has 4 nitrogen and oxygen atoms in total. The number of amides is 2. The first-order valence-corrected chi connectivity index (χ1v) is 9.18. The third-order valence-electron chi connectivity index (χ3n) is 4.23. The number of urea groups is 1. The number of nitrogens with zero attached hydrogens (tertiary/aromatic N) is 2. The van der Waals surface area contributed by atoms with Crippen molar-refractivity contribution in [3.05, 3.63) is 16.6 Å². The topological polar surface area (TPSA) is 45.2 Å². The van der Waals surface area contributed by atoms with Gasteiger partial charge in [-0.1, -0.05) is 6.92 Å². The molecule has 2 fully saturated rings. The molecular formula is C14H21N3OS2. The summed E-state index contributed by atoms with van der Waals surface area (Å²) < 4.78 is 0. The SMILES string of the molecule is C[C@@H]1SCCN(C(=O)N[C@H](c2nccs2)C2CC2)[C@@H]1C. The van der Waals surface area contributed by atoms with Gasteiger partial charge in [0.05, 0.1) is 6.04 Å². The van der Waals surface area contributed by atoms with E-state index in [2.05, 4.69) is 24.1 Å². The number of thioether (sulfide) groups is 1. The van der Waals surface area contributed by atoms with E-state index in [1.54, 1.807) is 11.3 Å². The van der Waals surface area contributed by atoms with Gasteiger partial charge in [-0.15, -0.1) is 11.3 Å². The van der Waals surface area contributed by atoms with E-state index in [1.807, 2.05) is 28.2 Å². The summed E-state index contributed by atoms with van der Waals surface area (Å²) in [6.07, 6.45) is 4.22. The van der Waals surface area contributed by atoms with E-state index >= 15 is 0 Å². The number of aromatic nitrogens is 1. The first-order chi connectivity index (χ1) is 9.66. The Morgan fingerprint density at radius 2 is 2.30 bits per heavy atom. The number of carbonyl (C=O) groups is 1. The first kappa shape index (κ1) is 14.2. The van der Waals surface area contributed by atoms with Crippen molar-refractivity contribution in [2.24, 2.45) is 5.92 Å². The molecule has 6 heteroatoms. The van der Waals surface area contributed by atoms with E-state index in [1.165, 1.54) is 12.8 Å². The normalized spacial score (nSPS) is 28.2. The summed E-state index contributed by atoms with van der Waals surface area (Å²) in [5.74, 6) is 1.61. The molecule has 2 heterocycles. The molecule has 0 spiro atoms. The summed E-state index contributed by atoms with van der Waals surface area (Å²) in [6, 6.07) is 0.487. The second-order valence-corrected chi connectivity index (χ2v) is 8.06. The Morgan fingerprint density at radius 1 is 1.50 bits per heavy atom. The van der Waals surface area contributed by atoms with Crippen molar-refractivity contribution in [1.82, 2.24) is 15.2 Å². The van der Waals surface area contributed by atoms with E-state index in [0.717, 1.165) is 17.3 Å². The van der Waals surface area contributed by atoms with Crippen molar-refractivity contribution >= 4 is 29.1 Å². The maximum atomic E-state index is 12.6. The fourth-order valence-electron chi connectivity index (χ4n) is 2.63. The third-order valence-corrected chi connectivity index (χ3v) is 6.43. The molecule has 1 aliphatic carbocycles. The van der Waals surface area contributed by atoms with Gasteiger partial charge in [-0.3, -0.25) is 0 Å². The zero-order chi connectivity index (χ0) is 14.1. The van der Waals surface area contributed by atoms with Gasteiger partial charge in [-0.2, -0.15) is 11.8 Å². The molecule has 1 aromatic rings. The van der Waals surface area contributed by atoms with Crippen LogP contribution in [0.25, 0.3) is 0 Å². The van der Waals surface area contributed by atoms with Gasteiger partial charge < -0.3 is 10.2 Å². The van der Waals surface area contributed by atoms with E-state index < -0.39 is 0 Å². The molecule has 20 heavy (non-hydrogen) atoms. The molecule has 110 valence electrons. The lowest BCUT2D eigenvalue weighted by atomic mass is 10.2. The summed E-state index contributed by atoms with van der Waals surface area (Å²) in [4.78, 5) is 19.0. The molecule has 0 unspecified atom stereocenters. The summed E-state index contributed by atoms with van der Waals surface area (Å²) in [5, 5.41) is 6.77. The third kappa shape index (κ3) is 2.96. The number of carbonyl (C=O) groups excluding carboxylic acids is 1. The smallest absolute Gasteiger partial charge is 0.318 e. The highest BCUT2D eigenvalue weighted by atomic mass is 32.2. The van der Waals surface area contributed by atoms with Crippen molar-refractivity contribution in [1.29, 1.82) is 0 Å². The van der Waals surface area contributed by atoms with Crippen LogP contribution < -0.4 is 5.32 Å². The van der Waals surface area contributed by atoms with E-state index in [4.69, 9.17) is 0 Å². The van der Waals surface area contributed by atoms with Crippen LogP contribution in [0.1, 0.15) is 37.7 Å². The van der Waals surface area contributed by atoms with Crippen LogP contribution in [0.5, 0.6) is 0 Å². The molecule has 3 atom stereocenters. The highest BCUT2D eigenvalue weighted by molar-refractivity contribution is 8.00. The molecule has 1 saturated heterocycles. The van der Waals surface area contributed by atoms with Crippen molar-refractivity contribution < 1.29 is 4.79 Å². The Kier molecular flexibility index (Phi) is 4.21. The number of rotatable bonds is 3. The van der Waals surface area contributed by atoms with Crippen molar-refractivity contribution in [2.45, 2.75) is 44.0 Å². The minimum absolute atomic E-state index is 0.0803. The van der Waals surface area contributed by atoms with Crippen molar-refractivity contribution in [3.63, 3.8) is 0 Å². The largest absolute Gasteiger partial charge is 0.328 e. The molecule has 1 aromatic heterocycles. The van der Waals surface area contributed by atoms with E-state index in [-0.39, 0.29) is 12.1 Å². The van der Waals surface area contributed by atoms with Gasteiger partial charge in [0.1, 0.15) is 5.01 Å². The van der Waals surface area contributed by atoms with Gasteiger partial charge in [0, 0.05) is 35.2 Å². The zero-order valence-electron chi connectivity index (χ0n) is 11.9. The van der Waals surface area contributed by atoms with Crippen LogP contribution in [0.15, 0.2) is 11.6 Å². The Morgan fingerprint density at radius 3 is 2.95 bits per heavy atom. The average molecular weight is 311 g/mol. The lowest BCUT2D eigenvalue weighted by Gasteiger charge is -2.38. The highest BCUT2D eigenvalue weighted by Gasteiger charge is 2.37. The number of hydrogen-bond donors (Lipinski definition) is 1. The maximum absolute atomic E-state index is 12.6. The fraction of sp³-hybridized carbons (Fsp3) is 0.714. The van der Waals surface area contributed by atoms with Crippen LogP contribution in [0.4, 0.5) is 4.79 Å². The molecule has 0 aromatic carbocycles. The molecule has 1 saturated carbocycles. The Hall–Kier alpha value is -0.750. The number of hydrogen-bond acceptors (Lipinski definition) is 4. The predicted octanol–water partition coefficient (Wildman–Crippen LogP) is 3.13. The second kappa shape index (κ2) is 5.93. The highest BCUT2D eigenvalue weighted by Crippen LogP contribution is 2.41. The fourth-order valence-corrected chi connectivity index (χ4v) is 4.51. The summed E-state index contributed by atoms with van der Waals surface area (Å²) in [5.41, 5.74) is 0. The zero-order valence-corrected chi connectivity index (χ0v) is 13.5. The van der Waals surface area contributed by atoms with Gasteiger partial charge in [-0.05, 0) is 25.7 Å². The summed E-state index contributed by atoms with van der Waals surface area (Å²) in [6.45, 7) is 5.19. The molecule has 0 radical (unpaired) electrons. The van der Waals surface area contributed by atoms with Crippen LogP contribution in [0.3, 0.4) is 0 Å². The van der Waals surface area contributed by atoms with E-state index in [0.29, 0.717) is 17.2 Å². The van der Waals surface area contributed by atoms with Crippen LogP contribution in [0, 0.1) is 5.92 Å². The van der Waals surface area contributed by atoms with Crippen LogP contribution in [0.2, 0.25) is 0 Å². The maximum Gasteiger partial charge on any atom is 0.318 e. The van der Waals surface area contributed by atoms with Crippen molar-refractivity contribution in [3.8, 4) is 0 Å². The Labute approximate surface area is 128 Å². The van der Waals surface area contributed by atoms with E-state index in [9.17, 15) is 4.79 Å².